The predicted octanol–water partition coefficient (Wildman–Crippen LogP) is 6.23. The van der Waals surface area contributed by atoms with Crippen molar-refractivity contribution in [2.75, 3.05) is 20.3 Å². The van der Waals surface area contributed by atoms with Crippen molar-refractivity contribution in [1.29, 1.82) is 0 Å². The van der Waals surface area contributed by atoms with Crippen LogP contribution in [0.4, 0.5) is 0 Å². The van der Waals surface area contributed by atoms with Crippen LogP contribution < -0.4 is 14.9 Å². The minimum absolute atomic E-state index is 0.0386. The first kappa shape index (κ1) is 27.5. The Balaban J connectivity index is 1.88. The maximum absolute atomic E-state index is 12.8. The van der Waals surface area contributed by atoms with Crippen LogP contribution >= 0.6 is 0 Å². The molecule has 1 unspecified atom stereocenters. The fraction of sp³-hybridized carbons (Fsp3) is 0.419. The summed E-state index contributed by atoms with van der Waals surface area (Å²) in [5, 5.41) is 9.63. The van der Waals surface area contributed by atoms with Crippen molar-refractivity contribution in [1.82, 2.24) is 4.57 Å². The van der Waals surface area contributed by atoms with E-state index in [1.54, 1.807) is 7.11 Å². The number of carboxylic acid groups (broad SMARTS) is 1. The molecule has 0 fully saturated rings. The lowest BCUT2D eigenvalue weighted by Crippen LogP contribution is -2.32. The fourth-order valence-corrected chi connectivity index (χ4v) is 4.96. The van der Waals surface area contributed by atoms with Crippen LogP contribution in [0.25, 0.3) is 22.4 Å². The molecule has 2 heterocycles. The van der Waals surface area contributed by atoms with Crippen molar-refractivity contribution < 1.29 is 24.1 Å². The van der Waals surface area contributed by atoms with Crippen molar-refractivity contribution in [2.24, 2.45) is 5.41 Å². The quantitative estimate of drug-likeness (QED) is 0.338. The molecule has 0 aliphatic carbocycles. The van der Waals surface area contributed by atoms with Crippen molar-refractivity contribution in [3.63, 3.8) is 0 Å². The molecular formula is C31H37NO6. The van der Waals surface area contributed by atoms with E-state index in [0.29, 0.717) is 25.3 Å². The lowest BCUT2D eigenvalue weighted by atomic mass is 9.78. The monoisotopic (exact) mass is 519 g/mol. The SMILES string of the molecule is COCCCOc1cc2c(cc1-c1ccc(OC(C)C)cc1)-c1cc(=O)c(C(=O)O)cn1C(C(C)(C)C)C2. The Morgan fingerprint density at radius 2 is 1.79 bits per heavy atom. The summed E-state index contributed by atoms with van der Waals surface area (Å²) in [5.41, 5.74) is 3.65. The third-order valence-corrected chi connectivity index (χ3v) is 6.83. The Morgan fingerprint density at radius 3 is 2.39 bits per heavy atom. The molecule has 7 nitrogen and oxygen atoms in total. The van der Waals surface area contributed by atoms with Crippen LogP contribution in [0.3, 0.4) is 0 Å². The first-order valence-electron chi connectivity index (χ1n) is 13.0. The highest BCUT2D eigenvalue weighted by Crippen LogP contribution is 2.46. The van der Waals surface area contributed by atoms with Crippen LogP contribution in [0.15, 0.2) is 53.5 Å². The van der Waals surface area contributed by atoms with Crippen LogP contribution in [0.2, 0.25) is 0 Å². The van der Waals surface area contributed by atoms with E-state index in [4.69, 9.17) is 14.2 Å². The van der Waals surface area contributed by atoms with E-state index in [2.05, 4.69) is 32.9 Å². The van der Waals surface area contributed by atoms with E-state index in [9.17, 15) is 14.7 Å². The Bertz CT molecular complexity index is 1360. The molecule has 1 aliphatic rings. The van der Waals surface area contributed by atoms with Gasteiger partial charge in [-0.25, -0.2) is 4.79 Å². The van der Waals surface area contributed by atoms with Gasteiger partial charge in [0.05, 0.1) is 18.4 Å². The minimum atomic E-state index is -1.21. The number of methoxy groups -OCH3 is 1. The first-order chi connectivity index (χ1) is 18.0. The molecule has 0 radical (unpaired) electrons. The normalized spacial score (nSPS) is 14.7. The highest BCUT2D eigenvalue weighted by Gasteiger charge is 2.34. The Labute approximate surface area is 224 Å². The third-order valence-electron chi connectivity index (χ3n) is 6.83. The van der Waals surface area contributed by atoms with Crippen LogP contribution in [0, 0.1) is 5.41 Å². The topological polar surface area (TPSA) is 87.0 Å². The van der Waals surface area contributed by atoms with Crippen molar-refractivity contribution in [3.05, 3.63) is 70.0 Å². The second-order valence-corrected chi connectivity index (χ2v) is 11.1. The Hall–Kier alpha value is -3.58. The number of fused-ring (bicyclic) bond motifs is 3. The Morgan fingerprint density at radius 1 is 1.08 bits per heavy atom. The van der Waals surface area contributed by atoms with Gasteiger partial charge in [0.2, 0.25) is 0 Å². The van der Waals surface area contributed by atoms with Crippen molar-refractivity contribution in [3.8, 4) is 33.9 Å². The van der Waals surface area contributed by atoms with Gasteiger partial charge in [0.1, 0.15) is 17.1 Å². The lowest BCUT2D eigenvalue weighted by Gasteiger charge is -2.39. The van der Waals surface area contributed by atoms with Crippen LogP contribution in [-0.2, 0) is 11.2 Å². The fourth-order valence-electron chi connectivity index (χ4n) is 4.96. The number of benzene rings is 2. The van der Waals surface area contributed by atoms with Gasteiger partial charge < -0.3 is 23.9 Å². The van der Waals surface area contributed by atoms with Gasteiger partial charge in [-0.3, -0.25) is 4.79 Å². The van der Waals surface area contributed by atoms with E-state index < -0.39 is 11.4 Å². The van der Waals surface area contributed by atoms with Gasteiger partial charge in [-0.2, -0.15) is 0 Å². The molecule has 2 aromatic carbocycles. The van der Waals surface area contributed by atoms with Crippen LogP contribution in [0.5, 0.6) is 11.5 Å². The molecule has 0 amide bonds. The predicted molar refractivity (Wildman–Crippen MR) is 148 cm³/mol. The van der Waals surface area contributed by atoms with Gasteiger partial charge >= 0.3 is 5.97 Å². The van der Waals surface area contributed by atoms with Gasteiger partial charge in [0.15, 0.2) is 5.43 Å². The number of nitrogens with zero attached hydrogens (tertiary/aromatic N) is 1. The molecule has 38 heavy (non-hydrogen) atoms. The zero-order valence-corrected chi connectivity index (χ0v) is 23.0. The second-order valence-electron chi connectivity index (χ2n) is 11.1. The summed E-state index contributed by atoms with van der Waals surface area (Å²) in [6, 6.07) is 13.4. The van der Waals surface area contributed by atoms with Gasteiger partial charge in [-0.15, -0.1) is 0 Å². The number of rotatable bonds is 9. The summed E-state index contributed by atoms with van der Waals surface area (Å²) < 4.78 is 19.3. The van der Waals surface area contributed by atoms with Crippen LogP contribution in [-0.4, -0.2) is 42.1 Å². The summed E-state index contributed by atoms with van der Waals surface area (Å²) in [6.45, 7) is 11.5. The molecule has 0 spiro atoms. The molecule has 0 saturated heterocycles. The van der Waals surface area contributed by atoms with Crippen molar-refractivity contribution in [2.45, 2.75) is 59.6 Å². The highest BCUT2D eigenvalue weighted by molar-refractivity contribution is 5.88. The van der Waals surface area contributed by atoms with Crippen molar-refractivity contribution >= 4 is 5.97 Å². The maximum atomic E-state index is 12.8. The second kappa shape index (κ2) is 11.0. The van der Waals surface area contributed by atoms with E-state index in [-0.39, 0.29) is 23.1 Å². The molecule has 0 bridgehead atoms. The third kappa shape index (κ3) is 5.78. The average molecular weight is 520 g/mol. The number of carbonyl (C=O) groups is 1. The molecule has 4 rings (SSSR count). The summed E-state index contributed by atoms with van der Waals surface area (Å²) in [5.74, 6) is 0.339. The average Bonchev–Trinajstić information content (AvgIpc) is 2.84. The highest BCUT2D eigenvalue weighted by atomic mass is 16.5. The number of aromatic nitrogens is 1. The van der Waals surface area contributed by atoms with Gasteiger partial charge in [0, 0.05) is 49.6 Å². The van der Waals surface area contributed by atoms with Gasteiger partial charge in [-0.05, 0) is 61.1 Å². The minimum Gasteiger partial charge on any atom is -0.493 e. The number of aromatic carboxylic acids is 1. The van der Waals surface area contributed by atoms with Gasteiger partial charge in [0.25, 0.3) is 0 Å². The largest absolute Gasteiger partial charge is 0.493 e. The molecule has 1 N–H and O–H groups in total. The molecule has 7 heteroatoms. The summed E-state index contributed by atoms with van der Waals surface area (Å²) in [6.07, 6.45) is 3.02. The number of hydrogen-bond acceptors (Lipinski definition) is 5. The standard InChI is InChI=1S/C31H37NO6/c1-19(2)38-22-10-8-20(9-11-22)24-16-23-21(14-28(24)37-13-7-12-36-6)15-29(31(3,4)5)32-18-25(30(34)35)27(33)17-26(23)32/h8-11,14,16-19,29H,7,12-13,15H2,1-6H3,(H,34,35). The summed E-state index contributed by atoms with van der Waals surface area (Å²) >= 11 is 0. The molecule has 1 aromatic heterocycles. The van der Waals surface area contributed by atoms with E-state index >= 15 is 0 Å². The molecule has 202 valence electrons. The molecule has 1 aliphatic heterocycles. The number of ether oxygens (including phenoxy) is 3. The lowest BCUT2D eigenvalue weighted by molar-refractivity contribution is 0.0693. The van der Waals surface area contributed by atoms with E-state index in [1.807, 2.05) is 42.7 Å². The smallest absolute Gasteiger partial charge is 0.341 e. The Kier molecular flexibility index (Phi) is 7.97. The number of pyridine rings is 1. The molecule has 3 aromatic rings. The zero-order chi connectivity index (χ0) is 27.6. The van der Waals surface area contributed by atoms with Crippen LogP contribution in [0.1, 0.15) is 63.0 Å². The number of hydrogen-bond donors (Lipinski definition) is 1. The number of carboxylic acids is 1. The molecule has 0 saturated carbocycles. The molecule has 1 atom stereocenters. The zero-order valence-electron chi connectivity index (χ0n) is 23.0. The molecular weight excluding hydrogens is 482 g/mol. The summed E-state index contributed by atoms with van der Waals surface area (Å²) in [4.78, 5) is 24.6. The van der Waals surface area contributed by atoms with E-state index in [1.165, 1.54) is 12.3 Å². The summed E-state index contributed by atoms with van der Waals surface area (Å²) in [7, 11) is 1.67. The van der Waals surface area contributed by atoms with E-state index in [0.717, 1.165) is 40.2 Å². The maximum Gasteiger partial charge on any atom is 0.341 e. The van der Waals surface area contributed by atoms with Gasteiger partial charge in [-0.1, -0.05) is 32.9 Å². The first-order valence-corrected chi connectivity index (χ1v) is 13.0.